The first kappa shape index (κ1) is 19.0. The van der Waals surface area contributed by atoms with Gasteiger partial charge >= 0.3 is 0 Å². The van der Waals surface area contributed by atoms with Gasteiger partial charge in [-0.2, -0.15) is 0 Å². The molecule has 0 aliphatic carbocycles. The van der Waals surface area contributed by atoms with Crippen LogP contribution in [0.2, 0.25) is 0 Å². The summed E-state index contributed by atoms with van der Waals surface area (Å²) in [7, 11) is 2.19. The second kappa shape index (κ2) is 10.8. The zero-order valence-electron chi connectivity index (χ0n) is 14.7. The minimum Gasteiger partial charge on any atom is -0.375 e. The van der Waals surface area contributed by atoms with Crippen molar-refractivity contribution in [2.45, 2.75) is 60.8 Å². The van der Waals surface area contributed by atoms with E-state index in [9.17, 15) is 0 Å². The summed E-state index contributed by atoms with van der Waals surface area (Å²) >= 11 is 0. The Labute approximate surface area is 127 Å². The van der Waals surface area contributed by atoms with E-state index < -0.39 is 0 Å². The maximum Gasteiger partial charge on any atom is 0.0363 e. The Bertz CT molecular complexity index is 326. The lowest BCUT2D eigenvalue weighted by atomic mass is 10.0. The third-order valence-corrected chi connectivity index (χ3v) is 3.68. The molecule has 0 spiro atoms. The number of nitrogens with zero attached hydrogens (tertiary/aromatic N) is 1. The number of hydrogen-bond acceptors (Lipinski definition) is 1. The van der Waals surface area contributed by atoms with E-state index in [1.165, 1.54) is 30.5 Å². The van der Waals surface area contributed by atoms with Crippen LogP contribution >= 0.6 is 0 Å². The molecule has 116 valence electrons. The normalized spacial score (nSPS) is 11.8. The predicted octanol–water partition coefficient (Wildman–Crippen LogP) is 5.78. The van der Waals surface area contributed by atoms with Gasteiger partial charge in [-0.15, -0.1) is 0 Å². The van der Waals surface area contributed by atoms with Gasteiger partial charge in [-0.1, -0.05) is 60.1 Å². The largest absolute Gasteiger partial charge is 0.375 e. The van der Waals surface area contributed by atoms with Crippen molar-refractivity contribution in [1.82, 2.24) is 0 Å². The monoisotopic (exact) mass is 277 g/mol. The van der Waals surface area contributed by atoms with E-state index >= 15 is 0 Å². The van der Waals surface area contributed by atoms with Crippen LogP contribution < -0.4 is 4.90 Å². The fraction of sp³-hybridized carbons (Fsp3) is 0.684. The van der Waals surface area contributed by atoms with Gasteiger partial charge < -0.3 is 4.90 Å². The van der Waals surface area contributed by atoms with E-state index in [1.807, 2.05) is 13.8 Å². The Balaban J connectivity index is 0.00000172. The van der Waals surface area contributed by atoms with Crippen LogP contribution in [0, 0.1) is 11.8 Å². The molecule has 0 radical (unpaired) electrons. The Morgan fingerprint density at radius 1 is 1.00 bits per heavy atom. The molecular formula is C19H35N. The lowest BCUT2D eigenvalue weighted by Gasteiger charge is -2.21. The van der Waals surface area contributed by atoms with Crippen molar-refractivity contribution in [3.05, 3.63) is 29.8 Å². The van der Waals surface area contributed by atoms with Gasteiger partial charge in [0.1, 0.15) is 0 Å². The molecule has 0 saturated heterocycles. The summed E-state index contributed by atoms with van der Waals surface area (Å²) in [5.74, 6) is 1.56. The molecule has 0 N–H and O–H groups in total. The minimum atomic E-state index is 0.735. The summed E-state index contributed by atoms with van der Waals surface area (Å²) < 4.78 is 0. The Morgan fingerprint density at radius 3 is 2.00 bits per heavy atom. The van der Waals surface area contributed by atoms with Crippen molar-refractivity contribution in [2.24, 2.45) is 11.8 Å². The number of anilines is 1. The fourth-order valence-electron chi connectivity index (χ4n) is 2.11. The third kappa shape index (κ3) is 7.57. The molecule has 1 aromatic carbocycles. The standard InChI is InChI=1S/C17H29N.C2H6/c1-6-15(4)11-12-18(5)17-9-7-16(8-10-17)13-14(2)3;1-2/h7-10,14-15H,6,11-13H2,1-5H3;1-2H3. The van der Waals surface area contributed by atoms with Gasteiger partial charge in [0.2, 0.25) is 0 Å². The number of benzene rings is 1. The molecule has 0 aliphatic heterocycles. The molecule has 1 rings (SSSR count). The zero-order chi connectivity index (χ0) is 15.5. The topological polar surface area (TPSA) is 3.24 Å². The van der Waals surface area contributed by atoms with Crippen molar-refractivity contribution in [3.63, 3.8) is 0 Å². The molecule has 0 saturated carbocycles. The fourth-order valence-corrected chi connectivity index (χ4v) is 2.11. The van der Waals surface area contributed by atoms with Crippen LogP contribution in [0.15, 0.2) is 24.3 Å². The summed E-state index contributed by atoms with van der Waals surface area (Å²) in [6.07, 6.45) is 3.73. The molecule has 1 heteroatoms. The molecule has 0 amide bonds. The third-order valence-electron chi connectivity index (χ3n) is 3.68. The molecule has 20 heavy (non-hydrogen) atoms. The van der Waals surface area contributed by atoms with E-state index in [1.54, 1.807) is 0 Å². The van der Waals surface area contributed by atoms with Crippen LogP contribution in [0.1, 0.15) is 59.9 Å². The Kier molecular flexibility index (Phi) is 10.2. The first-order chi connectivity index (χ1) is 9.52. The van der Waals surface area contributed by atoms with Crippen molar-refractivity contribution in [2.75, 3.05) is 18.5 Å². The highest BCUT2D eigenvalue weighted by atomic mass is 15.1. The quantitative estimate of drug-likeness (QED) is 0.610. The predicted molar refractivity (Wildman–Crippen MR) is 93.7 cm³/mol. The van der Waals surface area contributed by atoms with Crippen LogP contribution in [0.5, 0.6) is 0 Å². The second-order valence-electron chi connectivity index (χ2n) is 5.99. The van der Waals surface area contributed by atoms with Gasteiger partial charge in [-0.25, -0.2) is 0 Å². The molecule has 0 fully saturated rings. The van der Waals surface area contributed by atoms with E-state index in [0.717, 1.165) is 18.4 Å². The summed E-state index contributed by atoms with van der Waals surface area (Å²) in [4.78, 5) is 2.37. The zero-order valence-corrected chi connectivity index (χ0v) is 14.7. The average Bonchev–Trinajstić information content (AvgIpc) is 2.46. The van der Waals surface area contributed by atoms with E-state index in [-0.39, 0.29) is 0 Å². The van der Waals surface area contributed by atoms with Gasteiger partial charge in [0.15, 0.2) is 0 Å². The van der Waals surface area contributed by atoms with E-state index in [0.29, 0.717) is 0 Å². The smallest absolute Gasteiger partial charge is 0.0363 e. The van der Waals surface area contributed by atoms with Crippen LogP contribution in [0.4, 0.5) is 5.69 Å². The number of hydrogen-bond donors (Lipinski definition) is 0. The first-order valence-corrected chi connectivity index (χ1v) is 8.33. The van der Waals surface area contributed by atoms with Crippen molar-refractivity contribution < 1.29 is 0 Å². The van der Waals surface area contributed by atoms with Crippen LogP contribution in [-0.2, 0) is 6.42 Å². The summed E-state index contributed by atoms with van der Waals surface area (Å²) in [5.41, 5.74) is 2.79. The van der Waals surface area contributed by atoms with Gasteiger partial charge in [0, 0.05) is 19.3 Å². The average molecular weight is 277 g/mol. The summed E-state index contributed by atoms with van der Waals surface area (Å²) in [6.45, 7) is 14.3. The molecule has 1 unspecified atom stereocenters. The maximum absolute atomic E-state index is 2.37. The lowest BCUT2D eigenvalue weighted by molar-refractivity contribution is 0.518. The summed E-state index contributed by atoms with van der Waals surface area (Å²) in [5, 5.41) is 0. The summed E-state index contributed by atoms with van der Waals surface area (Å²) in [6, 6.07) is 9.06. The van der Waals surface area contributed by atoms with Gasteiger partial charge in [0.25, 0.3) is 0 Å². The Hall–Kier alpha value is -0.980. The molecule has 0 heterocycles. The second-order valence-corrected chi connectivity index (χ2v) is 5.99. The minimum absolute atomic E-state index is 0.735. The first-order valence-electron chi connectivity index (χ1n) is 8.33. The maximum atomic E-state index is 2.37. The van der Waals surface area contributed by atoms with Gasteiger partial charge in [0.05, 0.1) is 0 Å². The molecule has 0 aromatic heterocycles. The lowest BCUT2D eigenvalue weighted by Crippen LogP contribution is -2.20. The molecular weight excluding hydrogens is 242 g/mol. The van der Waals surface area contributed by atoms with E-state index in [2.05, 4.69) is 63.9 Å². The Morgan fingerprint density at radius 2 is 1.55 bits per heavy atom. The molecule has 0 bridgehead atoms. The highest BCUT2D eigenvalue weighted by molar-refractivity contribution is 5.46. The highest BCUT2D eigenvalue weighted by Gasteiger charge is 2.04. The van der Waals surface area contributed by atoms with Crippen molar-refractivity contribution in [1.29, 1.82) is 0 Å². The van der Waals surface area contributed by atoms with Crippen LogP contribution in [0.3, 0.4) is 0 Å². The van der Waals surface area contributed by atoms with Gasteiger partial charge in [-0.05, 0) is 42.4 Å². The van der Waals surface area contributed by atoms with Crippen LogP contribution in [0.25, 0.3) is 0 Å². The molecule has 0 aliphatic rings. The molecule has 1 atom stereocenters. The molecule has 1 aromatic rings. The molecule has 1 nitrogen and oxygen atoms in total. The van der Waals surface area contributed by atoms with Crippen molar-refractivity contribution in [3.8, 4) is 0 Å². The van der Waals surface area contributed by atoms with Crippen LogP contribution in [-0.4, -0.2) is 13.6 Å². The van der Waals surface area contributed by atoms with Gasteiger partial charge in [-0.3, -0.25) is 0 Å². The van der Waals surface area contributed by atoms with E-state index in [4.69, 9.17) is 0 Å². The van der Waals surface area contributed by atoms with Crippen molar-refractivity contribution >= 4 is 5.69 Å². The highest BCUT2D eigenvalue weighted by Crippen LogP contribution is 2.17. The SMILES string of the molecule is CC.CCC(C)CCN(C)c1ccc(CC(C)C)cc1. The number of rotatable bonds is 7.